The van der Waals surface area contributed by atoms with E-state index in [4.69, 9.17) is 9.47 Å². The zero-order chi connectivity index (χ0) is 24.7. The summed E-state index contributed by atoms with van der Waals surface area (Å²) in [6.07, 6.45) is 0. The van der Waals surface area contributed by atoms with Gasteiger partial charge in [0, 0.05) is 23.9 Å². The van der Waals surface area contributed by atoms with Crippen LogP contribution in [0.15, 0.2) is 65.5 Å². The third-order valence-corrected chi connectivity index (χ3v) is 5.96. The summed E-state index contributed by atoms with van der Waals surface area (Å²) in [5, 5.41) is 0.217. The van der Waals surface area contributed by atoms with Gasteiger partial charge in [0.2, 0.25) is 0 Å². The SMILES string of the molecule is CN(C(=O)c1cccc(Oc2ccc(F)cc2)c1)C1COCc2[nH]c(=O)c3cc(F)c(F)cc3c21. The van der Waals surface area contributed by atoms with E-state index >= 15 is 0 Å². The van der Waals surface area contributed by atoms with Crippen molar-refractivity contribution < 1.29 is 27.4 Å². The first kappa shape index (κ1) is 22.7. The Hall–Kier alpha value is -4.11. The second kappa shape index (κ2) is 8.92. The molecule has 0 saturated carbocycles. The van der Waals surface area contributed by atoms with Crippen LogP contribution in [-0.2, 0) is 11.3 Å². The molecule has 0 aliphatic carbocycles. The smallest absolute Gasteiger partial charge is 0.256 e. The van der Waals surface area contributed by atoms with Crippen molar-refractivity contribution in [2.75, 3.05) is 13.7 Å². The molecule has 3 aromatic carbocycles. The van der Waals surface area contributed by atoms with E-state index < -0.39 is 29.1 Å². The van der Waals surface area contributed by atoms with Crippen molar-refractivity contribution in [2.24, 2.45) is 0 Å². The van der Waals surface area contributed by atoms with Crippen LogP contribution in [0.25, 0.3) is 10.8 Å². The Kier molecular flexibility index (Phi) is 5.78. The molecule has 1 atom stereocenters. The molecule has 0 radical (unpaired) electrons. The van der Waals surface area contributed by atoms with Crippen LogP contribution in [0.4, 0.5) is 13.2 Å². The molecule has 0 saturated heterocycles. The molecule has 0 bridgehead atoms. The molecule has 4 aromatic rings. The van der Waals surface area contributed by atoms with Crippen molar-refractivity contribution in [2.45, 2.75) is 12.6 Å². The summed E-state index contributed by atoms with van der Waals surface area (Å²) < 4.78 is 52.4. The lowest BCUT2D eigenvalue weighted by Gasteiger charge is -2.34. The van der Waals surface area contributed by atoms with Crippen molar-refractivity contribution in [3.63, 3.8) is 0 Å². The van der Waals surface area contributed by atoms with Gasteiger partial charge in [0.1, 0.15) is 17.3 Å². The van der Waals surface area contributed by atoms with Gasteiger partial charge < -0.3 is 19.4 Å². The average Bonchev–Trinajstić information content (AvgIpc) is 2.85. The van der Waals surface area contributed by atoms with Crippen LogP contribution in [0.1, 0.15) is 27.7 Å². The second-order valence-corrected chi connectivity index (χ2v) is 8.19. The highest BCUT2D eigenvalue weighted by Crippen LogP contribution is 2.34. The van der Waals surface area contributed by atoms with Crippen LogP contribution in [0, 0.1) is 17.5 Å². The third kappa shape index (κ3) is 4.26. The number of aromatic nitrogens is 1. The molecule has 2 heterocycles. The number of carbonyl (C=O) groups is 1. The highest BCUT2D eigenvalue weighted by Gasteiger charge is 2.31. The number of likely N-dealkylation sites (N-methyl/N-ethyl adjacent to an activating group) is 1. The number of hydrogen-bond acceptors (Lipinski definition) is 4. The van der Waals surface area contributed by atoms with E-state index in [-0.39, 0.29) is 29.9 Å². The highest BCUT2D eigenvalue weighted by atomic mass is 19.2. The standard InChI is InChI=1S/C26H19F3N2O4/c1-31(26(33)14-3-2-4-17(9-14)35-16-7-5-15(27)6-8-16)23-13-34-12-22-24(23)18-10-20(28)21(29)11-19(18)25(32)30-22/h2-11,23H,12-13H2,1H3,(H,30,32). The van der Waals surface area contributed by atoms with Crippen LogP contribution >= 0.6 is 0 Å². The summed E-state index contributed by atoms with van der Waals surface area (Å²) in [5.74, 6) is -2.21. The Balaban J connectivity index is 1.49. The first-order valence-electron chi connectivity index (χ1n) is 10.7. The van der Waals surface area contributed by atoms with Crippen LogP contribution in [0.3, 0.4) is 0 Å². The topological polar surface area (TPSA) is 71.6 Å². The zero-order valence-electron chi connectivity index (χ0n) is 18.5. The van der Waals surface area contributed by atoms with Gasteiger partial charge in [0.25, 0.3) is 11.5 Å². The van der Waals surface area contributed by atoms with Crippen molar-refractivity contribution in [3.05, 3.63) is 105 Å². The minimum Gasteiger partial charge on any atom is -0.457 e. The molecule has 1 aromatic heterocycles. The molecule has 1 aliphatic rings. The maximum atomic E-state index is 14.1. The molecule has 35 heavy (non-hydrogen) atoms. The number of nitrogens with zero attached hydrogens (tertiary/aromatic N) is 1. The summed E-state index contributed by atoms with van der Waals surface area (Å²) in [6, 6.07) is 13.1. The Bertz CT molecular complexity index is 1500. The Morgan fingerprint density at radius 2 is 1.71 bits per heavy atom. The van der Waals surface area contributed by atoms with Gasteiger partial charge >= 0.3 is 0 Å². The molecule has 1 amide bonds. The van der Waals surface area contributed by atoms with Crippen LogP contribution in [-0.4, -0.2) is 29.4 Å². The molecule has 0 fully saturated rings. The molecule has 1 N–H and O–H groups in total. The van der Waals surface area contributed by atoms with E-state index in [0.29, 0.717) is 28.3 Å². The lowest BCUT2D eigenvalue weighted by Crippen LogP contribution is -2.37. The van der Waals surface area contributed by atoms with Crippen molar-refractivity contribution >= 4 is 16.7 Å². The second-order valence-electron chi connectivity index (χ2n) is 8.19. The number of carbonyl (C=O) groups excluding carboxylic acids is 1. The van der Waals surface area contributed by atoms with Crippen molar-refractivity contribution in [3.8, 4) is 11.5 Å². The van der Waals surface area contributed by atoms with E-state index in [2.05, 4.69) is 4.98 Å². The number of nitrogens with one attached hydrogen (secondary N) is 1. The van der Waals surface area contributed by atoms with Gasteiger partial charge in [-0.25, -0.2) is 13.2 Å². The number of ether oxygens (including phenoxy) is 2. The number of benzene rings is 3. The number of amides is 1. The average molecular weight is 480 g/mol. The van der Waals surface area contributed by atoms with E-state index in [0.717, 1.165) is 12.1 Å². The quantitative estimate of drug-likeness (QED) is 0.442. The largest absolute Gasteiger partial charge is 0.457 e. The van der Waals surface area contributed by atoms with Gasteiger partial charge in [-0.3, -0.25) is 9.59 Å². The number of fused-ring (bicyclic) bond motifs is 3. The van der Waals surface area contributed by atoms with E-state index in [1.165, 1.54) is 29.2 Å². The Morgan fingerprint density at radius 1 is 1.00 bits per heavy atom. The summed E-state index contributed by atoms with van der Waals surface area (Å²) in [5.41, 5.74) is 0.642. The van der Waals surface area contributed by atoms with Gasteiger partial charge in [0.05, 0.1) is 24.6 Å². The fraction of sp³-hybridized carbons (Fsp3) is 0.154. The summed E-state index contributed by atoms with van der Waals surface area (Å²) in [7, 11) is 1.57. The number of halogens is 3. The van der Waals surface area contributed by atoms with Crippen LogP contribution in [0.2, 0.25) is 0 Å². The lowest BCUT2D eigenvalue weighted by molar-refractivity contribution is 0.0335. The fourth-order valence-corrected chi connectivity index (χ4v) is 4.22. The third-order valence-electron chi connectivity index (χ3n) is 5.96. The lowest BCUT2D eigenvalue weighted by atomic mass is 9.95. The normalized spacial score (nSPS) is 15.0. The van der Waals surface area contributed by atoms with Crippen LogP contribution in [0.5, 0.6) is 11.5 Å². The fourth-order valence-electron chi connectivity index (χ4n) is 4.22. The van der Waals surface area contributed by atoms with Crippen LogP contribution < -0.4 is 10.3 Å². The predicted molar refractivity (Wildman–Crippen MR) is 122 cm³/mol. The summed E-state index contributed by atoms with van der Waals surface area (Å²) >= 11 is 0. The number of rotatable bonds is 4. The summed E-state index contributed by atoms with van der Waals surface area (Å²) in [4.78, 5) is 29.9. The minimum atomic E-state index is -1.13. The molecular formula is C26H19F3N2O4. The van der Waals surface area contributed by atoms with Crippen molar-refractivity contribution in [1.29, 1.82) is 0 Å². The number of hydrogen-bond donors (Lipinski definition) is 1. The van der Waals surface area contributed by atoms with Gasteiger partial charge in [-0.15, -0.1) is 0 Å². The molecule has 0 spiro atoms. The maximum absolute atomic E-state index is 14.1. The van der Waals surface area contributed by atoms with E-state index in [1.807, 2.05) is 0 Å². The first-order chi connectivity index (χ1) is 16.8. The monoisotopic (exact) mass is 480 g/mol. The van der Waals surface area contributed by atoms with Crippen molar-refractivity contribution in [1.82, 2.24) is 9.88 Å². The molecule has 178 valence electrons. The van der Waals surface area contributed by atoms with E-state index in [9.17, 15) is 22.8 Å². The number of H-pyrrole nitrogens is 1. The highest BCUT2D eigenvalue weighted by molar-refractivity contribution is 5.95. The van der Waals surface area contributed by atoms with Gasteiger partial charge in [-0.05, 0) is 60.0 Å². The number of pyridine rings is 1. The maximum Gasteiger partial charge on any atom is 0.256 e. The molecule has 1 unspecified atom stereocenters. The van der Waals surface area contributed by atoms with Gasteiger partial charge in [-0.2, -0.15) is 0 Å². The Morgan fingerprint density at radius 3 is 2.46 bits per heavy atom. The first-order valence-corrected chi connectivity index (χ1v) is 10.7. The molecule has 1 aliphatic heterocycles. The van der Waals surface area contributed by atoms with E-state index in [1.54, 1.807) is 31.3 Å². The minimum absolute atomic E-state index is 0.00917. The molecule has 5 rings (SSSR count). The van der Waals surface area contributed by atoms with Gasteiger partial charge in [0.15, 0.2) is 11.6 Å². The molecular weight excluding hydrogens is 461 g/mol. The number of aromatic amines is 1. The Labute approximate surface area is 197 Å². The predicted octanol–water partition coefficient (Wildman–Crippen LogP) is 5.08. The summed E-state index contributed by atoms with van der Waals surface area (Å²) in [6.45, 7) is 0.167. The molecule has 6 nitrogen and oxygen atoms in total. The zero-order valence-corrected chi connectivity index (χ0v) is 18.5. The molecule has 9 heteroatoms. The van der Waals surface area contributed by atoms with Gasteiger partial charge in [-0.1, -0.05) is 6.07 Å².